The first-order chi connectivity index (χ1) is 31.2. The van der Waals surface area contributed by atoms with Crippen molar-refractivity contribution >= 4 is 75.0 Å². The van der Waals surface area contributed by atoms with Crippen LogP contribution >= 0.6 is 0 Å². The van der Waals surface area contributed by atoms with Gasteiger partial charge in [0.05, 0.1) is 0 Å². The molecule has 300 valence electrons. The minimum Gasteiger partial charge on any atom is -0.0616 e. The Morgan fingerprint density at radius 2 is 1.11 bits per heavy atom. The summed E-state index contributed by atoms with van der Waals surface area (Å²) in [6.07, 6.45) is 3.87. The van der Waals surface area contributed by atoms with Crippen molar-refractivity contribution in [3.8, 4) is 39.4 Å². The van der Waals surface area contributed by atoms with Crippen molar-refractivity contribution in [2.75, 3.05) is 21.4 Å². The molecule has 2 aliphatic heterocycles. The monoisotopic (exact) mass is 878 g/mol. The third-order valence-corrected chi connectivity index (χ3v) is 14.0. The molecule has 0 radical (unpaired) electrons. The summed E-state index contributed by atoms with van der Waals surface area (Å²) in [5.74, 6) is 2.32. The van der Waals surface area contributed by atoms with Crippen LogP contribution in [-0.4, -0.2) is 36.2 Å². The molecule has 0 bridgehead atoms. The van der Waals surface area contributed by atoms with Crippen molar-refractivity contribution in [3.05, 3.63) is 219 Å². The number of para-hydroxylation sites is 6. The predicted octanol–water partition coefficient (Wildman–Crippen LogP) is 12.2. The summed E-state index contributed by atoms with van der Waals surface area (Å²) in [6, 6.07) is 72.6. The van der Waals surface area contributed by atoms with E-state index in [-0.39, 0.29) is 15.0 Å². The predicted molar refractivity (Wildman–Crippen MR) is 258 cm³/mol. The molecular weight excluding hydrogens is 840 g/mol. The van der Waals surface area contributed by atoms with Gasteiger partial charge in [0.1, 0.15) is 0 Å². The van der Waals surface area contributed by atoms with Crippen molar-refractivity contribution in [3.63, 3.8) is 0 Å². The number of hydrogen-bond donors (Lipinski definition) is 0. The Labute approximate surface area is 371 Å². The fourth-order valence-corrected chi connectivity index (χ4v) is 11.0. The maximum Gasteiger partial charge on any atom is -0.0543 e. The van der Waals surface area contributed by atoms with Crippen LogP contribution < -0.4 is 28.4 Å². The van der Waals surface area contributed by atoms with E-state index in [1.54, 1.807) is 0 Å². The Morgan fingerprint density at radius 3 is 1.87 bits per heavy atom. The molecule has 0 fully saturated rings. The van der Waals surface area contributed by atoms with E-state index >= 15 is 0 Å². The van der Waals surface area contributed by atoms with E-state index in [2.05, 4.69) is 212 Å². The maximum atomic E-state index is 6.84. The number of aromatic nitrogens is 3. The zero-order valence-corrected chi connectivity index (χ0v) is 35.7. The van der Waals surface area contributed by atoms with E-state index in [4.69, 9.17) is 9.72 Å². The van der Waals surface area contributed by atoms with E-state index in [9.17, 15) is 0 Å². The minimum absolute atomic E-state index is 0.0337. The average molecular weight is 878 g/mol. The number of anilines is 7. The number of fused-ring (bicyclic) bond motifs is 4. The number of rotatable bonds is 8. The molecule has 0 N–H and O–H groups in total. The second-order valence-corrected chi connectivity index (χ2v) is 17.8. The van der Waals surface area contributed by atoms with Gasteiger partial charge in [0.25, 0.3) is 0 Å². The van der Waals surface area contributed by atoms with Crippen LogP contribution in [0.3, 0.4) is 0 Å². The van der Waals surface area contributed by atoms with Gasteiger partial charge in [-0.1, -0.05) is 84.9 Å². The second-order valence-electron chi connectivity index (χ2n) is 15.5. The summed E-state index contributed by atoms with van der Waals surface area (Å²) in [7, 11) is 0. The van der Waals surface area contributed by atoms with Gasteiger partial charge >= 0.3 is 267 Å². The van der Waals surface area contributed by atoms with Crippen molar-refractivity contribution < 1.29 is 4.74 Å². The normalized spacial score (nSPS) is 12.9. The van der Waals surface area contributed by atoms with Crippen LogP contribution in [0.4, 0.5) is 40.1 Å². The smallest absolute Gasteiger partial charge is 0.0543 e. The summed E-state index contributed by atoms with van der Waals surface area (Å²) >= 11 is 0.0337. The Morgan fingerprint density at radius 1 is 0.476 bits per heavy atom. The fraction of sp³-hybridized carbons (Fsp3) is 0.0182. The van der Waals surface area contributed by atoms with Crippen LogP contribution in [0.5, 0.6) is 11.5 Å². The minimum atomic E-state index is 0.0337. The van der Waals surface area contributed by atoms with E-state index < -0.39 is 0 Å². The Bertz CT molecular complexity index is 3240. The van der Waals surface area contributed by atoms with Gasteiger partial charge in [-0.25, -0.2) is 0 Å². The Hall–Kier alpha value is -7.90. The first-order valence-electron chi connectivity index (χ1n) is 21.0. The molecule has 4 heterocycles. The molecule has 63 heavy (non-hydrogen) atoms. The molecule has 0 saturated carbocycles. The van der Waals surface area contributed by atoms with Crippen molar-refractivity contribution in [2.45, 2.75) is 0 Å². The molecule has 8 heteroatoms. The molecule has 2 aliphatic rings. The summed E-state index contributed by atoms with van der Waals surface area (Å²) in [6.45, 7) is 0.624. The molecule has 2 aromatic heterocycles. The first kappa shape index (κ1) is 36.9. The van der Waals surface area contributed by atoms with E-state index in [1.807, 2.05) is 30.6 Å². The third kappa shape index (κ3) is 6.52. The van der Waals surface area contributed by atoms with Crippen LogP contribution in [0.1, 0.15) is 0 Å². The molecule has 7 nitrogen and oxygen atoms in total. The van der Waals surface area contributed by atoms with Crippen molar-refractivity contribution in [2.24, 2.45) is 0 Å². The summed E-state index contributed by atoms with van der Waals surface area (Å²) in [5.41, 5.74) is 14.4. The van der Waals surface area contributed by atoms with Gasteiger partial charge in [-0.15, -0.1) is 0 Å². The molecule has 0 saturated heterocycles. The van der Waals surface area contributed by atoms with Crippen molar-refractivity contribution in [1.82, 2.24) is 14.5 Å². The molecular formula is C55H38N6OSe. The summed E-state index contributed by atoms with van der Waals surface area (Å²) in [5, 5.41) is 0. The third-order valence-electron chi connectivity index (χ3n) is 11.7. The standard InChI is InChI=1S/C55H38N6OSe/c1-4-16-38(17-5-1)44-24-15-25-45(39-18-6-2-7-19-39)54(44)59-37-58(48-28-12-13-29-49(48)59)41-22-14-23-42(34-41)62-43-30-31-52-51(35-43)61(50-32-33-56-36-53(50)63-52)55-57-46-26-10-11-27-47(46)60(55)40-20-8-3-9-21-40/h1-36H,37H2. The van der Waals surface area contributed by atoms with Crippen LogP contribution in [0.15, 0.2) is 219 Å². The maximum absolute atomic E-state index is 6.84. The number of benzene rings is 8. The number of nitrogens with zero attached hydrogens (tertiary/aromatic N) is 6. The first-order valence-corrected chi connectivity index (χ1v) is 22.7. The van der Waals surface area contributed by atoms with Crippen LogP contribution in [0, 0.1) is 0 Å². The molecule has 12 rings (SSSR count). The van der Waals surface area contributed by atoms with Gasteiger partial charge < -0.3 is 0 Å². The van der Waals surface area contributed by atoms with E-state index in [0.29, 0.717) is 6.67 Å². The van der Waals surface area contributed by atoms with Gasteiger partial charge in [-0.2, -0.15) is 0 Å². The van der Waals surface area contributed by atoms with Gasteiger partial charge in [-0.3, -0.25) is 0 Å². The van der Waals surface area contributed by atoms with Gasteiger partial charge in [0, 0.05) is 11.1 Å². The van der Waals surface area contributed by atoms with Crippen LogP contribution in [-0.2, 0) is 0 Å². The largest absolute Gasteiger partial charge is 0.0616 e. The molecule has 10 aromatic rings. The van der Waals surface area contributed by atoms with E-state index in [1.165, 1.54) is 36.9 Å². The zero-order chi connectivity index (χ0) is 41.7. The number of hydrogen-bond acceptors (Lipinski definition) is 6. The molecule has 0 unspecified atom stereocenters. The molecule has 0 spiro atoms. The zero-order valence-electron chi connectivity index (χ0n) is 34.0. The van der Waals surface area contributed by atoms with Gasteiger partial charge in [0.15, 0.2) is 0 Å². The number of imidazole rings is 1. The van der Waals surface area contributed by atoms with Crippen LogP contribution in [0.25, 0.3) is 39.0 Å². The molecule has 8 aromatic carbocycles. The van der Waals surface area contributed by atoms with Gasteiger partial charge in [0.2, 0.25) is 0 Å². The number of pyridine rings is 1. The Kier molecular flexibility index (Phi) is 9.10. The molecule has 0 atom stereocenters. The topological polar surface area (TPSA) is 49.7 Å². The summed E-state index contributed by atoms with van der Waals surface area (Å²) in [4.78, 5) is 17.0. The Balaban J connectivity index is 0.922. The van der Waals surface area contributed by atoms with E-state index in [0.717, 1.165) is 62.6 Å². The second kappa shape index (κ2) is 15.5. The molecule has 0 aliphatic carbocycles. The number of ether oxygens (including phenoxy) is 1. The SMILES string of the molecule is c1ccc(-c2cccc(-c3ccccc3)c2N2CN(c3cccc(Oc4ccc5c(c4)N(c4nc6ccccc6n4-c4ccccc4)c4ccncc4[Se]5)c3)c3ccccc32)cc1. The van der Waals surface area contributed by atoms with Crippen molar-refractivity contribution in [1.29, 1.82) is 0 Å². The summed E-state index contributed by atoms with van der Waals surface area (Å²) < 4.78 is 11.5. The average Bonchev–Trinajstić information content (AvgIpc) is 3.93. The van der Waals surface area contributed by atoms with Gasteiger partial charge in [-0.05, 0) is 11.1 Å². The fourth-order valence-electron chi connectivity index (χ4n) is 8.93. The quantitative estimate of drug-likeness (QED) is 0.142. The molecule has 0 amide bonds. The van der Waals surface area contributed by atoms with Crippen LogP contribution in [0.2, 0.25) is 0 Å².